The van der Waals surface area contributed by atoms with Gasteiger partial charge in [-0.3, -0.25) is 9.59 Å². The molecular formula is C18H17N5O2. The second-order valence-corrected chi connectivity index (χ2v) is 6.07. The molecule has 1 N–H and O–H groups in total. The maximum Gasteiger partial charge on any atom is 0.261 e. The number of carbonyl (C=O) groups excluding carboxylic acids is 2. The number of amides is 2. The molecular weight excluding hydrogens is 318 g/mol. The van der Waals surface area contributed by atoms with Crippen molar-refractivity contribution in [1.82, 2.24) is 14.6 Å². The van der Waals surface area contributed by atoms with Crippen LogP contribution in [0.1, 0.15) is 28.5 Å². The third-order valence-electron chi connectivity index (χ3n) is 4.41. The van der Waals surface area contributed by atoms with E-state index >= 15 is 0 Å². The molecule has 2 aromatic heterocycles. The van der Waals surface area contributed by atoms with Crippen molar-refractivity contribution < 1.29 is 9.59 Å². The number of rotatable bonds is 2. The molecule has 1 aliphatic rings. The van der Waals surface area contributed by atoms with Gasteiger partial charge in [0.15, 0.2) is 5.65 Å². The van der Waals surface area contributed by atoms with E-state index in [0.717, 1.165) is 17.7 Å². The van der Waals surface area contributed by atoms with Crippen LogP contribution in [0, 0.1) is 6.92 Å². The Morgan fingerprint density at radius 1 is 1.28 bits per heavy atom. The predicted octanol–water partition coefficient (Wildman–Crippen LogP) is 2.20. The third-order valence-corrected chi connectivity index (χ3v) is 4.41. The van der Waals surface area contributed by atoms with E-state index in [4.69, 9.17) is 0 Å². The van der Waals surface area contributed by atoms with Crippen LogP contribution in [0.2, 0.25) is 0 Å². The Morgan fingerprint density at radius 2 is 2.12 bits per heavy atom. The predicted molar refractivity (Wildman–Crippen MR) is 93.9 cm³/mol. The van der Waals surface area contributed by atoms with Crippen molar-refractivity contribution in [1.29, 1.82) is 0 Å². The number of aromatic nitrogens is 3. The Morgan fingerprint density at radius 3 is 2.92 bits per heavy atom. The van der Waals surface area contributed by atoms with Gasteiger partial charge in [0.1, 0.15) is 5.56 Å². The Balaban J connectivity index is 1.63. The molecule has 1 aliphatic heterocycles. The summed E-state index contributed by atoms with van der Waals surface area (Å²) in [4.78, 5) is 30.3. The number of anilines is 2. The maximum absolute atomic E-state index is 12.7. The van der Waals surface area contributed by atoms with Crippen molar-refractivity contribution >= 4 is 28.8 Å². The lowest BCUT2D eigenvalue weighted by Gasteiger charge is -2.15. The lowest BCUT2D eigenvalue weighted by Crippen LogP contribution is -2.25. The number of hydrogen-bond acceptors (Lipinski definition) is 4. The van der Waals surface area contributed by atoms with Crippen molar-refractivity contribution in [3.63, 3.8) is 0 Å². The lowest BCUT2D eigenvalue weighted by molar-refractivity contribution is -0.116. The molecule has 0 saturated heterocycles. The molecule has 25 heavy (non-hydrogen) atoms. The van der Waals surface area contributed by atoms with E-state index in [0.29, 0.717) is 29.1 Å². The Kier molecular flexibility index (Phi) is 3.49. The van der Waals surface area contributed by atoms with Gasteiger partial charge in [-0.15, -0.1) is 0 Å². The molecule has 2 amide bonds. The fraction of sp³-hybridized carbons (Fsp3) is 0.222. The van der Waals surface area contributed by atoms with Crippen LogP contribution in [-0.2, 0) is 11.2 Å². The van der Waals surface area contributed by atoms with Crippen LogP contribution < -0.4 is 10.2 Å². The summed E-state index contributed by atoms with van der Waals surface area (Å²) in [6.07, 6.45) is 4.19. The number of hydrogen-bond donors (Lipinski definition) is 1. The van der Waals surface area contributed by atoms with Crippen molar-refractivity contribution in [2.45, 2.75) is 20.3 Å². The van der Waals surface area contributed by atoms with Crippen molar-refractivity contribution in [2.24, 2.45) is 0 Å². The van der Waals surface area contributed by atoms with Gasteiger partial charge in [0.05, 0.1) is 5.69 Å². The van der Waals surface area contributed by atoms with E-state index in [-0.39, 0.29) is 11.8 Å². The highest BCUT2D eigenvalue weighted by molar-refractivity contribution is 6.09. The summed E-state index contributed by atoms with van der Waals surface area (Å²) in [7, 11) is 0. The van der Waals surface area contributed by atoms with Gasteiger partial charge in [-0.25, -0.2) is 9.50 Å². The second kappa shape index (κ2) is 5.70. The number of fused-ring (bicyclic) bond motifs is 2. The van der Waals surface area contributed by atoms with E-state index in [1.165, 1.54) is 0 Å². The molecule has 7 nitrogen and oxygen atoms in total. The fourth-order valence-electron chi connectivity index (χ4n) is 3.26. The average Bonchev–Trinajstić information content (AvgIpc) is 3.14. The lowest BCUT2D eigenvalue weighted by atomic mass is 10.1. The minimum absolute atomic E-state index is 0.0311. The van der Waals surface area contributed by atoms with E-state index < -0.39 is 0 Å². The Labute approximate surface area is 144 Å². The molecule has 126 valence electrons. The van der Waals surface area contributed by atoms with Crippen molar-refractivity contribution in [3.05, 3.63) is 53.5 Å². The summed E-state index contributed by atoms with van der Waals surface area (Å²) in [6, 6.07) is 7.38. The van der Waals surface area contributed by atoms with Crippen LogP contribution in [0.15, 0.2) is 36.7 Å². The van der Waals surface area contributed by atoms with E-state index in [1.807, 2.05) is 18.2 Å². The molecule has 0 radical (unpaired) electrons. The van der Waals surface area contributed by atoms with Gasteiger partial charge in [0, 0.05) is 37.2 Å². The topological polar surface area (TPSA) is 79.6 Å². The zero-order chi connectivity index (χ0) is 17.6. The first kappa shape index (κ1) is 15.3. The molecule has 1 aromatic carbocycles. The monoisotopic (exact) mass is 335 g/mol. The zero-order valence-electron chi connectivity index (χ0n) is 14.0. The van der Waals surface area contributed by atoms with Crippen LogP contribution in [0.3, 0.4) is 0 Å². The Bertz CT molecular complexity index is 1010. The Hall–Kier alpha value is -3.22. The molecule has 3 aromatic rings. The van der Waals surface area contributed by atoms with Crippen LogP contribution >= 0.6 is 0 Å². The molecule has 0 fully saturated rings. The molecule has 3 heterocycles. The first-order chi connectivity index (χ1) is 12.0. The summed E-state index contributed by atoms with van der Waals surface area (Å²) >= 11 is 0. The van der Waals surface area contributed by atoms with Crippen molar-refractivity contribution in [3.8, 4) is 0 Å². The number of nitrogens with zero attached hydrogens (tertiary/aromatic N) is 4. The minimum atomic E-state index is -0.243. The smallest absolute Gasteiger partial charge is 0.261 e. The van der Waals surface area contributed by atoms with E-state index in [9.17, 15) is 9.59 Å². The quantitative estimate of drug-likeness (QED) is 0.778. The fourth-order valence-corrected chi connectivity index (χ4v) is 3.26. The van der Waals surface area contributed by atoms with Gasteiger partial charge in [0.25, 0.3) is 5.91 Å². The van der Waals surface area contributed by atoms with Crippen LogP contribution in [0.5, 0.6) is 0 Å². The molecule has 0 unspecified atom stereocenters. The number of benzene rings is 1. The van der Waals surface area contributed by atoms with Crippen molar-refractivity contribution in [2.75, 3.05) is 16.8 Å². The summed E-state index contributed by atoms with van der Waals surface area (Å²) in [5, 5.41) is 7.23. The molecule has 4 rings (SSSR count). The highest BCUT2D eigenvalue weighted by Crippen LogP contribution is 2.30. The van der Waals surface area contributed by atoms with E-state index in [1.54, 1.807) is 41.7 Å². The van der Waals surface area contributed by atoms with Gasteiger partial charge in [-0.2, -0.15) is 5.10 Å². The van der Waals surface area contributed by atoms with Crippen LogP contribution in [0.4, 0.5) is 11.4 Å². The minimum Gasteiger partial charge on any atom is -0.322 e. The van der Waals surface area contributed by atoms with Gasteiger partial charge in [-0.05, 0) is 43.2 Å². The molecule has 0 saturated carbocycles. The number of nitrogens with one attached hydrogen (secondary N) is 1. The highest BCUT2D eigenvalue weighted by Gasteiger charge is 2.23. The number of carbonyl (C=O) groups is 2. The summed E-state index contributed by atoms with van der Waals surface area (Å²) in [5.41, 5.74) is 4.29. The zero-order valence-corrected chi connectivity index (χ0v) is 14.0. The van der Waals surface area contributed by atoms with Crippen LogP contribution in [0.25, 0.3) is 5.65 Å². The SMILES string of the molecule is CC(=O)N1CCc2cc(NC(=O)c3c(C)nn4cccnc34)ccc21. The average molecular weight is 335 g/mol. The largest absolute Gasteiger partial charge is 0.322 e. The van der Waals surface area contributed by atoms with E-state index in [2.05, 4.69) is 15.4 Å². The normalized spacial score (nSPS) is 13.1. The standard InChI is InChI=1S/C18H17N5O2/c1-11-16(17-19-7-3-8-23(17)21-11)18(25)20-14-4-5-15-13(10-14)6-9-22(15)12(2)24/h3-5,7-8,10H,6,9H2,1-2H3,(H,20,25). The summed E-state index contributed by atoms with van der Waals surface area (Å²) < 4.78 is 1.59. The first-order valence-corrected chi connectivity index (χ1v) is 8.07. The molecule has 0 spiro atoms. The summed E-state index contributed by atoms with van der Waals surface area (Å²) in [6.45, 7) is 4.03. The van der Waals surface area contributed by atoms with Gasteiger partial charge >= 0.3 is 0 Å². The summed E-state index contributed by atoms with van der Waals surface area (Å²) in [5.74, 6) is -0.212. The van der Waals surface area contributed by atoms with Gasteiger partial charge in [-0.1, -0.05) is 0 Å². The molecule has 7 heteroatoms. The molecule has 0 aliphatic carbocycles. The van der Waals surface area contributed by atoms with Crippen LogP contribution in [-0.4, -0.2) is 33.0 Å². The third kappa shape index (κ3) is 2.53. The first-order valence-electron chi connectivity index (χ1n) is 8.07. The highest BCUT2D eigenvalue weighted by atomic mass is 16.2. The molecule has 0 bridgehead atoms. The number of aryl methyl sites for hydroxylation is 1. The van der Waals surface area contributed by atoms with Gasteiger partial charge < -0.3 is 10.2 Å². The molecule has 0 atom stereocenters. The second-order valence-electron chi connectivity index (χ2n) is 6.07. The van der Waals surface area contributed by atoms with Gasteiger partial charge in [0.2, 0.25) is 5.91 Å². The maximum atomic E-state index is 12.7.